The summed E-state index contributed by atoms with van der Waals surface area (Å²) in [6.45, 7) is 3.00. The molecule has 3 N–H and O–H groups in total. The Kier molecular flexibility index (Phi) is 3.90. The summed E-state index contributed by atoms with van der Waals surface area (Å²) >= 11 is 0. The molecule has 4 atom stereocenters. The van der Waals surface area contributed by atoms with Crippen molar-refractivity contribution in [3.05, 3.63) is 42.0 Å². The van der Waals surface area contributed by atoms with E-state index >= 15 is 0 Å². The van der Waals surface area contributed by atoms with E-state index in [1.807, 2.05) is 12.1 Å². The topological polar surface area (TPSA) is 72.2 Å². The van der Waals surface area contributed by atoms with Gasteiger partial charge in [0, 0.05) is 12.6 Å². The van der Waals surface area contributed by atoms with E-state index in [0.29, 0.717) is 6.04 Å². The Labute approximate surface area is 126 Å². The van der Waals surface area contributed by atoms with E-state index in [2.05, 4.69) is 24.4 Å². The molecule has 0 aromatic heterocycles. The first-order valence-corrected chi connectivity index (χ1v) is 9.01. The number of rotatable bonds is 5. The van der Waals surface area contributed by atoms with E-state index in [9.17, 15) is 8.42 Å². The van der Waals surface area contributed by atoms with Crippen LogP contribution in [0.2, 0.25) is 0 Å². The lowest BCUT2D eigenvalue weighted by Gasteiger charge is -2.26. The number of hydrogen-bond acceptors (Lipinski definition) is 3. The first-order valence-electron chi connectivity index (χ1n) is 7.47. The van der Waals surface area contributed by atoms with Crippen LogP contribution in [0.15, 0.2) is 41.3 Å². The molecule has 114 valence electrons. The predicted molar refractivity (Wildman–Crippen MR) is 83.0 cm³/mol. The number of allylic oxidation sites excluding steroid dienone is 2. The van der Waals surface area contributed by atoms with E-state index in [1.54, 1.807) is 12.1 Å². The molecule has 4 nitrogen and oxygen atoms in total. The van der Waals surface area contributed by atoms with Gasteiger partial charge >= 0.3 is 0 Å². The molecule has 2 bridgehead atoms. The van der Waals surface area contributed by atoms with Gasteiger partial charge in [0.05, 0.1) is 4.90 Å². The number of primary sulfonamides is 1. The van der Waals surface area contributed by atoms with Crippen LogP contribution < -0.4 is 10.5 Å². The minimum atomic E-state index is -3.60. The van der Waals surface area contributed by atoms with Gasteiger partial charge in [0.1, 0.15) is 0 Å². The van der Waals surface area contributed by atoms with Crippen molar-refractivity contribution in [2.75, 3.05) is 0 Å². The van der Waals surface area contributed by atoms with Crippen molar-refractivity contribution in [3.63, 3.8) is 0 Å². The summed E-state index contributed by atoms with van der Waals surface area (Å²) in [7, 11) is -3.60. The van der Waals surface area contributed by atoms with E-state index < -0.39 is 10.0 Å². The number of nitrogens with one attached hydrogen (secondary N) is 1. The van der Waals surface area contributed by atoms with E-state index in [0.717, 1.165) is 29.9 Å². The molecule has 3 rings (SSSR count). The maximum atomic E-state index is 11.2. The van der Waals surface area contributed by atoms with Crippen molar-refractivity contribution < 1.29 is 8.42 Å². The minimum absolute atomic E-state index is 0.164. The fourth-order valence-electron chi connectivity index (χ4n) is 3.63. The Morgan fingerprint density at radius 3 is 2.48 bits per heavy atom. The zero-order valence-electron chi connectivity index (χ0n) is 12.2. The Morgan fingerprint density at radius 2 is 1.95 bits per heavy atom. The Hall–Kier alpha value is -1.17. The normalized spacial score (nSPS) is 29.0. The van der Waals surface area contributed by atoms with Gasteiger partial charge in [-0.3, -0.25) is 0 Å². The molecule has 1 aromatic carbocycles. The maximum absolute atomic E-state index is 11.2. The molecule has 0 heterocycles. The third kappa shape index (κ3) is 3.20. The molecule has 0 saturated heterocycles. The van der Waals surface area contributed by atoms with Gasteiger partial charge in [-0.25, -0.2) is 13.6 Å². The Balaban J connectivity index is 1.56. The van der Waals surface area contributed by atoms with Crippen LogP contribution in [0.4, 0.5) is 0 Å². The molecule has 0 amide bonds. The fourth-order valence-corrected chi connectivity index (χ4v) is 4.14. The second-order valence-electron chi connectivity index (χ2n) is 6.30. The highest BCUT2D eigenvalue weighted by Gasteiger charge is 2.38. The number of sulfonamides is 1. The molecule has 0 aliphatic heterocycles. The van der Waals surface area contributed by atoms with Crippen LogP contribution in [-0.2, 0) is 16.6 Å². The van der Waals surface area contributed by atoms with Crippen molar-refractivity contribution in [3.8, 4) is 0 Å². The fraction of sp³-hybridized carbons (Fsp3) is 0.500. The zero-order chi connectivity index (χ0) is 15.0. The highest BCUT2D eigenvalue weighted by atomic mass is 32.2. The highest BCUT2D eigenvalue weighted by molar-refractivity contribution is 7.89. The van der Waals surface area contributed by atoms with Crippen molar-refractivity contribution in [1.29, 1.82) is 0 Å². The van der Waals surface area contributed by atoms with Crippen LogP contribution in [0.3, 0.4) is 0 Å². The minimum Gasteiger partial charge on any atom is -0.310 e. The third-order valence-corrected chi connectivity index (χ3v) is 5.78. The summed E-state index contributed by atoms with van der Waals surface area (Å²) in [5.74, 6) is 2.25. The van der Waals surface area contributed by atoms with Gasteiger partial charge in [0.2, 0.25) is 10.0 Å². The summed E-state index contributed by atoms with van der Waals surface area (Å²) in [6.07, 6.45) is 7.34. The summed E-state index contributed by atoms with van der Waals surface area (Å²) in [5, 5.41) is 8.67. The average Bonchev–Trinajstić information content (AvgIpc) is 3.07. The number of fused-ring (bicyclic) bond motifs is 2. The third-order valence-electron chi connectivity index (χ3n) is 4.85. The second kappa shape index (κ2) is 5.55. The number of nitrogens with two attached hydrogens (primary N) is 1. The lowest BCUT2D eigenvalue weighted by atomic mass is 9.87. The Morgan fingerprint density at radius 1 is 1.24 bits per heavy atom. The summed E-state index contributed by atoms with van der Waals surface area (Å²) in [4.78, 5) is 0.164. The van der Waals surface area contributed by atoms with Crippen molar-refractivity contribution in [2.24, 2.45) is 22.9 Å². The van der Waals surface area contributed by atoms with Crippen LogP contribution in [-0.4, -0.2) is 14.5 Å². The summed E-state index contributed by atoms with van der Waals surface area (Å²) in [6, 6.07) is 7.25. The lowest BCUT2D eigenvalue weighted by Crippen LogP contribution is -2.35. The van der Waals surface area contributed by atoms with Crippen LogP contribution in [0, 0.1) is 17.8 Å². The first kappa shape index (κ1) is 14.8. The summed E-state index contributed by atoms with van der Waals surface area (Å²) < 4.78 is 22.4. The van der Waals surface area contributed by atoms with Crippen molar-refractivity contribution in [1.82, 2.24) is 5.32 Å². The molecule has 2 aliphatic carbocycles. The van der Waals surface area contributed by atoms with Gasteiger partial charge in [-0.15, -0.1) is 0 Å². The Bertz CT molecular complexity index is 637. The standard InChI is InChI=1S/C16H22N2O2S/c1-11(16-9-13-2-5-14(16)8-13)18-10-12-3-6-15(7-4-12)21(17,19)20/h2-7,11,13-14,16,18H,8-10H2,1H3,(H2,17,19,20). The van der Waals surface area contributed by atoms with Gasteiger partial charge in [0.25, 0.3) is 0 Å². The smallest absolute Gasteiger partial charge is 0.238 e. The van der Waals surface area contributed by atoms with Gasteiger partial charge in [-0.05, 0) is 55.2 Å². The molecular weight excluding hydrogens is 284 g/mol. The SMILES string of the molecule is CC(NCc1ccc(S(N)(=O)=O)cc1)C1CC2C=CC1C2. The first-order chi connectivity index (χ1) is 9.93. The van der Waals surface area contributed by atoms with Crippen LogP contribution in [0.1, 0.15) is 25.3 Å². The molecule has 5 heteroatoms. The molecule has 1 saturated carbocycles. The molecule has 2 aliphatic rings. The van der Waals surface area contributed by atoms with Gasteiger partial charge in [-0.2, -0.15) is 0 Å². The predicted octanol–water partition coefficient (Wildman–Crippen LogP) is 2.02. The van der Waals surface area contributed by atoms with Crippen LogP contribution in [0.25, 0.3) is 0 Å². The summed E-state index contributed by atoms with van der Waals surface area (Å²) in [5.41, 5.74) is 1.08. The van der Waals surface area contributed by atoms with Gasteiger partial charge < -0.3 is 5.32 Å². The highest BCUT2D eigenvalue weighted by Crippen LogP contribution is 2.44. The second-order valence-corrected chi connectivity index (χ2v) is 7.86. The molecule has 1 aromatic rings. The van der Waals surface area contributed by atoms with Gasteiger partial charge in [-0.1, -0.05) is 24.3 Å². The number of benzene rings is 1. The molecule has 0 spiro atoms. The average molecular weight is 306 g/mol. The van der Waals surface area contributed by atoms with Crippen molar-refractivity contribution in [2.45, 2.75) is 37.2 Å². The molecule has 0 radical (unpaired) electrons. The molecule has 1 fully saturated rings. The number of hydrogen-bond donors (Lipinski definition) is 2. The van der Waals surface area contributed by atoms with Crippen LogP contribution in [0.5, 0.6) is 0 Å². The zero-order valence-corrected chi connectivity index (χ0v) is 13.0. The molecular formula is C16H22N2O2S. The largest absolute Gasteiger partial charge is 0.310 e. The van der Waals surface area contributed by atoms with Crippen molar-refractivity contribution >= 4 is 10.0 Å². The molecule has 21 heavy (non-hydrogen) atoms. The van der Waals surface area contributed by atoms with Gasteiger partial charge in [0.15, 0.2) is 0 Å². The monoisotopic (exact) mass is 306 g/mol. The maximum Gasteiger partial charge on any atom is 0.238 e. The van der Waals surface area contributed by atoms with Crippen LogP contribution >= 0.6 is 0 Å². The van der Waals surface area contributed by atoms with E-state index in [1.165, 1.54) is 12.8 Å². The molecule has 4 unspecified atom stereocenters. The quantitative estimate of drug-likeness (QED) is 0.818. The van der Waals surface area contributed by atoms with E-state index in [-0.39, 0.29) is 4.90 Å². The van der Waals surface area contributed by atoms with E-state index in [4.69, 9.17) is 5.14 Å². The lowest BCUT2D eigenvalue weighted by molar-refractivity contribution is 0.326.